The van der Waals surface area contributed by atoms with Crippen LogP contribution in [-0.4, -0.2) is 54.9 Å². The predicted octanol–water partition coefficient (Wildman–Crippen LogP) is -0.435. The number of hydrogen-bond acceptors (Lipinski definition) is 6. The van der Waals surface area contributed by atoms with E-state index in [0.717, 1.165) is 12.2 Å². The van der Waals surface area contributed by atoms with Crippen molar-refractivity contribution < 1.29 is 13.2 Å². The number of rotatable bonds is 5. The van der Waals surface area contributed by atoms with Crippen LogP contribution in [0.4, 0.5) is 0 Å². The van der Waals surface area contributed by atoms with E-state index in [1.807, 2.05) is 6.92 Å². The van der Waals surface area contributed by atoms with Gasteiger partial charge >= 0.3 is 0 Å². The number of hydrazine groups is 1. The topological polar surface area (TPSA) is 92.5 Å². The third-order valence-corrected chi connectivity index (χ3v) is 5.69. The highest BCUT2D eigenvalue weighted by Crippen LogP contribution is 2.24. The summed E-state index contributed by atoms with van der Waals surface area (Å²) < 4.78 is 23.6. The van der Waals surface area contributed by atoms with E-state index in [9.17, 15) is 13.2 Å². The second kappa shape index (κ2) is 6.74. The van der Waals surface area contributed by atoms with Gasteiger partial charge in [-0.2, -0.15) is 11.8 Å². The van der Waals surface area contributed by atoms with Crippen molar-refractivity contribution in [3.8, 4) is 0 Å². The maximum atomic E-state index is 11.8. The van der Waals surface area contributed by atoms with Crippen molar-refractivity contribution in [1.82, 2.24) is 10.3 Å². The summed E-state index contributed by atoms with van der Waals surface area (Å²) in [5, 5.41) is -0.593. The van der Waals surface area contributed by atoms with E-state index in [4.69, 9.17) is 5.84 Å². The number of thioether (sulfide) groups is 1. The Bertz CT molecular complexity index is 386. The fraction of sp³-hybridized carbons (Fsp3) is 0.900. The summed E-state index contributed by atoms with van der Waals surface area (Å²) in [4.78, 5) is 13.6. The minimum absolute atomic E-state index is 0.308. The molecule has 0 aliphatic carbocycles. The smallest absolute Gasteiger partial charge is 0.251 e. The third kappa shape index (κ3) is 3.84. The molecule has 1 fully saturated rings. The van der Waals surface area contributed by atoms with Crippen LogP contribution < -0.4 is 11.3 Å². The Balaban J connectivity index is 2.95. The Morgan fingerprint density at radius 1 is 1.61 bits per heavy atom. The van der Waals surface area contributed by atoms with E-state index in [0.29, 0.717) is 18.7 Å². The third-order valence-electron chi connectivity index (χ3n) is 3.03. The number of nitrogens with one attached hydrogen (secondary N) is 1. The molecule has 0 aromatic heterocycles. The van der Waals surface area contributed by atoms with Gasteiger partial charge in [-0.25, -0.2) is 14.3 Å². The highest BCUT2D eigenvalue weighted by Gasteiger charge is 2.37. The van der Waals surface area contributed by atoms with Crippen LogP contribution in [0.1, 0.15) is 19.8 Å². The summed E-state index contributed by atoms with van der Waals surface area (Å²) in [6.07, 6.45) is 2.64. The molecule has 2 atom stereocenters. The summed E-state index contributed by atoms with van der Waals surface area (Å²) >= 11 is 1.60. The molecule has 1 aliphatic rings. The molecule has 0 aromatic rings. The van der Waals surface area contributed by atoms with Crippen molar-refractivity contribution in [2.24, 2.45) is 5.84 Å². The number of nitrogens with two attached hydrogens (primary N) is 1. The molecular weight excluding hydrogens is 274 g/mol. The molecule has 1 rings (SSSR count). The van der Waals surface area contributed by atoms with Gasteiger partial charge in [-0.05, 0) is 6.42 Å². The minimum atomic E-state index is -3.20. The Kier molecular flexibility index (Phi) is 5.90. The molecule has 106 valence electrons. The van der Waals surface area contributed by atoms with Gasteiger partial charge < -0.3 is 0 Å². The Hall–Kier alpha value is -0.310. The Morgan fingerprint density at radius 2 is 2.28 bits per heavy atom. The molecule has 0 aromatic carbocycles. The van der Waals surface area contributed by atoms with Crippen molar-refractivity contribution in [1.29, 1.82) is 0 Å². The maximum Gasteiger partial charge on any atom is 0.251 e. The first-order valence-corrected chi connectivity index (χ1v) is 9.05. The normalized spacial score (nSPS) is 23.6. The second-order valence-electron chi connectivity index (χ2n) is 4.41. The van der Waals surface area contributed by atoms with Crippen LogP contribution in [0.5, 0.6) is 0 Å². The molecule has 18 heavy (non-hydrogen) atoms. The fourth-order valence-electron chi connectivity index (χ4n) is 2.14. The summed E-state index contributed by atoms with van der Waals surface area (Å²) in [5.74, 6) is 6.22. The van der Waals surface area contributed by atoms with Crippen LogP contribution in [0.25, 0.3) is 0 Å². The minimum Gasteiger partial charge on any atom is -0.293 e. The fourth-order valence-corrected chi connectivity index (χ4v) is 5.06. The standard InChI is InChI=1S/C10H21N3O3S2/c1-3-4-8(10(14)12-11)13-5-6-17-7-9(13)18(2,15)16/h8-9H,3-7,11H2,1-2H3,(H,12,14). The zero-order valence-corrected chi connectivity index (χ0v) is 12.4. The lowest BCUT2D eigenvalue weighted by molar-refractivity contribution is -0.127. The molecule has 1 saturated heterocycles. The highest BCUT2D eigenvalue weighted by atomic mass is 32.2. The van der Waals surface area contributed by atoms with Gasteiger partial charge in [-0.1, -0.05) is 13.3 Å². The molecule has 1 heterocycles. The largest absolute Gasteiger partial charge is 0.293 e. The van der Waals surface area contributed by atoms with Gasteiger partial charge in [-0.3, -0.25) is 15.1 Å². The van der Waals surface area contributed by atoms with Gasteiger partial charge in [0.25, 0.3) is 5.91 Å². The first kappa shape index (κ1) is 15.7. The molecule has 0 radical (unpaired) electrons. The van der Waals surface area contributed by atoms with Crippen LogP contribution in [0, 0.1) is 0 Å². The van der Waals surface area contributed by atoms with Crippen molar-refractivity contribution in [3.63, 3.8) is 0 Å². The van der Waals surface area contributed by atoms with E-state index in [1.54, 1.807) is 16.7 Å². The van der Waals surface area contributed by atoms with E-state index in [2.05, 4.69) is 5.43 Å². The van der Waals surface area contributed by atoms with Gasteiger partial charge in [0.15, 0.2) is 9.84 Å². The summed E-state index contributed by atoms with van der Waals surface area (Å²) in [5.41, 5.74) is 2.14. The number of nitrogens with zero attached hydrogens (tertiary/aromatic N) is 1. The van der Waals surface area contributed by atoms with Gasteiger partial charge in [0.2, 0.25) is 0 Å². The monoisotopic (exact) mass is 295 g/mol. The molecule has 8 heteroatoms. The molecule has 0 spiro atoms. The number of sulfone groups is 1. The van der Waals surface area contributed by atoms with E-state index in [1.165, 1.54) is 6.26 Å². The lowest BCUT2D eigenvalue weighted by Crippen LogP contribution is -2.57. The highest BCUT2D eigenvalue weighted by molar-refractivity contribution is 8.00. The molecule has 0 saturated carbocycles. The van der Waals surface area contributed by atoms with Crippen LogP contribution in [0.15, 0.2) is 0 Å². The summed E-state index contributed by atoms with van der Waals surface area (Å²) in [6.45, 7) is 2.56. The van der Waals surface area contributed by atoms with Gasteiger partial charge in [0.1, 0.15) is 5.37 Å². The van der Waals surface area contributed by atoms with E-state index < -0.39 is 21.3 Å². The maximum absolute atomic E-state index is 11.8. The number of hydrogen-bond donors (Lipinski definition) is 2. The zero-order chi connectivity index (χ0) is 13.8. The van der Waals surface area contributed by atoms with Crippen molar-refractivity contribution >= 4 is 27.5 Å². The molecule has 2 unspecified atom stereocenters. The Labute approximate surface area is 113 Å². The lowest BCUT2D eigenvalue weighted by Gasteiger charge is -2.38. The van der Waals surface area contributed by atoms with Gasteiger partial charge in [0, 0.05) is 24.3 Å². The average molecular weight is 295 g/mol. The SMILES string of the molecule is CCCC(C(=O)NN)N1CCSCC1S(C)(=O)=O. The first-order chi connectivity index (χ1) is 8.41. The van der Waals surface area contributed by atoms with Crippen LogP contribution >= 0.6 is 11.8 Å². The molecule has 1 amide bonds. The quantitative estimate of drug-likeness (QED) is 0.406. The van der Waals surface area contributed by atoms with Crippen molar-refractivity contribution in [2.45, 2.75) is 31.2 Å². The molecule has 0 bridgehead atoms. The molecule has 3 N–H and O–H groups in total. The van der Waals surface area contributed by atoms with Crippen molar-refractivity contribution in [2.75, 3.05) is 24.3 Å². The van der Waals surface area contributed by atoms with Crippen LogP contribution in [-0.2, 0) is 14.6 Å². The van der Waals surface area contributed by atoms with Gasteiger partial charge in [0.05, 0.1) is 6.04 Å². The van der Waals surface area contributed by atoms with E-state index in [-0.39, 0.29) is 5.91 Å². The van der Waals surface area contributed by atoms with Gasteiger partial charge in [-0.15, -0.1) is 0 Å². The summed E-state index contributed by atoms with van der Waals surface area (Å²) in [7, 11) is -3.20. The summed E-state index contributed by atoms with van der Waals surface area (Å²) in [6, 6.07) is -0.458. The molecule has 6 nitrogen and oxygen atoms in total. The predicted molar refractivity (Wildman–Crippen MR) is 73.7 cm³/mol. The van der Waals surface area contributed by atoms with Crippen molar-refractivity contribution in [3.05, 3.63) is 0 Å². The number of amides is 1. The second-order valence-corrected chi connectivity index (χ2v) is 7.76. The Morgan fingerprint density at radius 3 is 2.78 bits per heavy atom. The van der Waals surface area contributed by atoms with E-state index >= 15 is 0 Å². The number of carbonyl (C=O) groups excluding carboxylic acids is 1. The van der Waals surface area contributed by atoms with Crippen LogP contribution in [0.2, 0.25) is 0 Å². The average Bonchev–Trinajstić information content (AvgIpc) is 2.34. The number of carbonyl (C=O) groups is 1. The molecular formula is C10H21N3O3S2. The molecule has 1 aliphatic heterocycles. The van der Waals surface area contributed by atoms with Crippen LogP contribution in [0.3, 0.4) is 0 Å². The first-order valence-electron chi connectivity index (χ1n) is 5.94. The zero-order valence-electron chi connectivity index (χ0n) is 10.8. The lowest BCUT2D eigenvalue weighted by atomic mass is 10.1.